The molecule has 0 unspecified atom stereocenters. The van der Waals surface area contributed by atoms with Crippen molar-refractivity contribution in [2.24, 2.45) is 0 Å². The lowest BCUT2D eigenvalue weighted by Crippen LogP contribution is -2.34. The van der Waals surface area contributed by atoms with E-state index in [9.17, 15) is 4.79 Å². The van der Waals surface area contributed by atoms with Crippen molar-refractivity contribution in [3.63, 3.8) is 0 Å². The molecule has 1 amide bonds. The first-order chi connectivity index (χ1) is 9.25. The van der Waals surface area contributed by atoms with Gasteiger partial charge in [0.2, 0.25) is 5.91 Å². The molecule has 19 heavy (non-hydrogen) atoms. The van der Waals surface area contributed by atoms with E-state index in [1.807, 2.05) is 53.4 Å². The number of hydrogen-bond donors (Lipinski definition) is 1. The molecular formula is C15H14N2OS. The van der Waals surface area contributed by atoms with Crippen LogP contribution in [0, 0.1) is 0 Å². The number of hydrogen-bond acceptors (Lipinski definition) is 3. The van der Waals surface area contributed by atoms with Gasteiger partial charge in [0.05, 0.1) is 18.0 Å². The third-order valence-electron chi connectivity index (χ3n) is 3.19. The van der Waals surface area contributed by atoms with Crippen molar-refractivity contribution in [2.45, 2.75) is 11.4 Å². The van der Waals surface area contributed by atoms with Crippen molar-refractivity contribution in [3.05, 3.63) is 54.1 Å². The third-order valence-corrected chi connectivity index (χ3v) is 4.24. The number of benzene rings is 2. The lowest BCUT2D eigenvalue weighted by Gasteiger charge is -2.29. The Morgan fingerprint density at radius 2 is 1.84 bits per heavy atom. The molecule has 3 rings (SSSR count). The maximum absolute atomic E-state index is 12.1. The Hall–Kier alpha value is -1.94. The SMILES string of the molecule is Nc1ccccc1CN1C(=O)CSc2ccccc21. The van der Waals surface area contributed by atoms with Gasteiger partial charge in [-0.25, -0.2) is 0 Å². The summed E-state index contributed by atoms with van der Waals surface area (Å²) in [5.41, 5.74) is 8.65. The number of fused-ring (bicyclic) bond motifs is 1. The second-order valence-electron chi connectivity index (χ2n) is 4.44. The minimum absolute atomic E-state index is 0.131. The van der Waals surface area contributed by atoms with Gasteiger partial charge in [0, 0.05) is 10.6 Å². The summed E-state index contributed by atoms with van der Waals surface area (Å²) in [6.07, 6.45) is 0. The fraction of sp³-hybridized carbons (Fsp3) is 0.133. The minimum atomic E-state index is 0.131. The Morgan fingerprint density at radius 3 is 2.68 bits per heavy atom. The maximum atomic E-state index is 12.1. The van der Waals surface area contributed by atoms with E-state index in [4.69, 9.17) is 5.73 Å². The van der Waals surface area contributed by atoms with Crippen LogP contribution in [-0.4, -0.2) is 11.7 Å². The molecule has 96 valence electrons. The van der Waals surface area contributed by atoms with Gasteiger partial charge in [-0.3, -0.25) is 4.79 Å². The van der Waals surface area contributed by atoms with E-state index in [1.54, 1.807) is 11.8 Å². The number of nitrogens with two attached hydrogens (primary N) is 1. The molecule has 0 spiro atoms. The van der Waals surface area contributed by atoms with Gasteiger partial charge in [-0.1, -0.05) is 30.3 Å². The van der Waals surface area contributed by atoms with Gasteiger partial charge < -0.3 is 10.6 Å². The summed E-state index contributed by atoms with van der Waals surface area (Å²) in [5, 5.41) is 0. The molecule has 0 atom stereocenters. The third kappa shape index (κ3) is 2.31. The summed E-state index contributed by atoms with van der Waals surface area (Å²) < 4.78 is 0. The van der Waals surface area contributed by atoms with E-state index >= 15 is 0 Å². The second kappa shape index (κ2) is 4.97. The highest BCUT2D eigenvalue weighted by molar-refractivity contribution is 8.00. The molecular weight excluding hydrogens is 256 g/mol. The van der Waals surface area contributed by atoms with Crippen molar-refractivity contribution in [1.82, 2.24) is 0 Å². The Labute approximate surface area is 116 Å². The highest BCUT2D eigenvalue weighted by atomic mass is 32.2. The Morgan fingerprint density at radius 1 is 1.11 bits per heavy atom. The number of thioether (sulfide) groups is 1. The van der Waals surface area contributed by atoms with Crippen molar-refractivity contribution in [2.75, 3.05) is 16.4 Å². The Bertz CT molecular complexity index is 627. The van der Waals surface area contributed by atoms with Gasteiger partial charge in [0.15, 0.2) is 0 Å². The molecule has 0 aromatic heterocycles. The van der Waals surface area contributed by atoms with Crippen LogP contribution in [0.2, 0.25) is 0 Å². The molecule has 2 aromatic carbocycles. The molecule has 0 saturated heterocycles. The summed E-state index contributed by atoms with van der Waals surface area (Å²) in [7, 11) is 0. The fourth-order valence-corrected chi connectivity index (χ4v) is 3.11. The quantitative estimate of drug-likeness (QED) is 0.853. The van der Waals surface area contributed by atoms with Crippen molar-refractivity contribution >= 4 is 29.0 Å². The number of nitrogen functional groups attached to an aromatic ring is 1. The lowest BCUT2D eigenvalue weighted by atomic mass is 10.1. The number of carbonyl (C=O) groups excluding carboxylic acids is 1. The number of amides is 1. The zero-order valence-corrected chi connectivity index (χ0v) is 11.2. The van der Waals surface area contributed by atoms with E-state index < -0.39 is 0 Å². The molecule has 0 radical (unpaired) electrons. The van der Waals surface area contributed by atoms with Crippen LogP contribution in [-0.2, 0) is 11.3 Å². The zero-order valence-electron chi connectivity index (χ0n) is 10.4. The second-order valence-corrected chi connectivity index (χ2v) is 5.45. The van der Waals surface area contributed by atoms with Gasteiger partial charge in [0.1, 0.15) is 0 Å². The number of para-hydroxylation sites is 2. The van der Waals surface area contributed by atoms with Crippen LogP contribution in [0.25, 0.3) is 0 Å². The van der Waals surface area contributed by atoms with Crippen LogP contribution in [0.4, 0.5) is 11.4 Å². The summed E-state index contributed by atoms with van der Waals surface area (Å²) in [6, 6.07) is 15.7. The predicted molar refractivity (Wildman–Crippen MR) is 79.2 cm³/mol. The van der Waals surface area contributed by atoms with E-state index in [1.165, 1.54) is 0 Å². The summed E-state index contributed by atoms with van der Waals surface area (Å²) >= 11 is 1.59. The van der Waals surface area contributed by atoms with Crippen molar-refractivity contribution < 1.29 is 4.79 Å². The van der Waals surface area contributed by atoms with Crippen LogP contribution in [0.5, 0.6) is 0 Å². The van der Waals surface area contributed by atoms with E-state index in [0.29, 0.717) is 12.3 Å². The highest BCUT2D eigenvalue weighted by Crippen LogP contribution is 2.36. The molecule has 2 N–H and O–H groups in total. The lowest BCUT2D eigenvalue weighted by molar-refractivity contribution is -0.116. The topological polar surface area (TPSA) is 46.3 Å². The Kier molecular flexibility index (Phi) is 3.17. The number of nitrogens with zero attached hydrogens (tertiary/aromatic N) is 1. The van der Waals surface area contributed by atoms with Crippen LogP contribution >= 0.6 is 11.8 Å². The first-order valence-electron chi connectivity index (χ1n) is 6.11. The monoisotopic (exact) mass is 270 g/mol. The van der Waals surface area contributed by atoms with Gasteiger partial charge in [-0.05, 0) is 23.8 Å². The van der Waals surface area contributed by atoms with Crippen LogP contribution in [0.3, 0.4) is 0 Å². The maximum Gasteiger partial charge on any atom is 0.237 e. The fourth-order valence-electron chi connectivity index (χ4n) is 2.18. The van der Waals surface area contributed by atoms with Gasteiger partial charge in [-0.2, -0.15) is 0 Å². The van der Waals surface area contributed by atoms with Crippen molar-refractivity contribution in [3.8, 4) is 0 Å². The van der Waals surface area contributed by atoms with Crippen LogP contribution in [0.15, 0.2) is 53.4 Å². The van der Waals surface area contributed by atoms with Gasteiger partial charge in [-0.15, -0.1) is 11.8 Å². The molecule has 1 aliphatic heterocycles. The largest absolute Gasteiger partial charge is 0.398 e. The average molecular weight is 270 g/mol. The Balaban J connectivity index is 1.96. The van der Waals surface area contributed by atoms with E-state index in [2.05, 4.69) is 0 Å². The molecule has 2 aromatic rings. The summed E-state index contributed by atoms with van der Waals surface area (Å²) in [4.78, 5) is 15.1. The first-order valence-corrected chi connectivity index (χ1v) is 7.10. The molecule has 4 heteroatoms. The predicted octanol–water partition coefficient (Wildman–Crippen LogP) is 2.91. The van der Waals surface area contributed by atoms with E-state index in [-0.39, 0.29) is 5.91 Å². The van der Waals surface area contributed by atoms with E-state index in [0.717, 1.165) is 21.8 Å². The molecule has 3 nitrogen and oxygen atoms in total. The average Bonchev–Trinajstić information content (AvgIpc) is 2.44. The number of rotatable bonds is 2. The number of anilines is 2. The highest BCUT2D eigenvalue weighted by Gasteiger charge is 2.24. The smallest absolute Gasteiger partial charge is 0.237 e. The van der Waals surface area contributed by atoms with Crippen LogP contribution in [0.1, 0.15) is 5.56 Å². The normalized spacial score (nSPS) is 14.3. The molecule has 0 aliphatic carbocycles. The summed E-state index contributed by atoms with van der Waals surface area (Å²) in [6.45, 7) is 0.531. The number of carbonyl (C=O) groups is 1. The molecule has 0 bridgehead atoms. The minimum Gasteiger partial charge on any atom is -0.398 e. The van der Waals surface area contributed by atoms with Crippen LogP contribution < -0.4 is 10.6 Å². The molecule has 0 saturated carbocycles. The zero-order chi connectivity index (χ0) is 13.2. The molecule has 1 aliphatic rings. The first kappa shape index (κ1) is 12.1. The van der Waals surface area contributed by atoms with Crippen molar-refractivity contribution in [1.29, 1.82) is 0 Å². The summed E-state index contributed by atoms with van der Waals surface area (Å²) in [5.74, 6) is 0.621. The van der Waals surface area contributed by atoms with Gasteiger partial charge in [0.25, 0.3) is 0 Å². The molecule has 1 heterocycles. The van der Waals surface area contributed by atoms with Gasteiger partial charge >= 0.3 is 0 Å². The standard InChI is InChI=1S/C15H14N2OS/c16-12-6-2-1-5-11(12)9-17-13-7-3-4-8-14(13)19-10-15(17)18/h1-8H,9-10,16H2. The molecule has 0 fully saturated rings.